The molecule has 1 N–H and O–H groups in total. The monoisotopic (exact) mass is 425 g/mol. The number of benzene rings is 4. The quantitative estimate of drug-likeness (QED) is 0.445. The van der Waals surface area contributed by atoms with Crippen molar-refractivity contribution in [3.8, 4) is 17.2 Å². The van der Waals surface area contributed by atoms with Crippen LogP contribution in [0.3, 0.4) is 0 Å². The van der Waals surface area contributed by atoms with E-state index in [0.717, 1.165) is 40.8 Å². The van der Waals surface area contributed by atoms with E-state index < -0.39 is 0 Å². The first-order valence-electron chi connectivity index (χ1n) is 10.9. The number of fused-ring (bicyclic) bond motifs is 2. The van der Waals surface area contributed by atoms with Gasteiger partial charge in [-0.25, -0.2) is 0 Å². The molecule has 0 spiro atoms. The van der Waals surface area contributed by atoms with Gasteiger partial charge in [0.05, 0.1) is 20.3 Å². The molecule has 4 aromatic rings. The van der Waals surface area contributed by atoms with E-state index in [1.54, 1.807) is 20.3 Å². The highest BCUT2D eigenvalue weighted by Gasteiger charge is 2.31. The van der Waals surface area contributed by atoms with Crippen molar-refractivity contribution in [3.63, 3.8) is 0 Å². The van der Waals surface area contributed by atoms with Crippen molar-refractivity contribution in [3.05, 3.63) is 101 Å². The van der Waals surface area contributed by atoms with Crippen LogP contribution in [0.5, 0.6) is 17.2 Å². The SMILES string of the molecule is COc1cc2c(cc1OC)C(c1ccccc1)N(Cc1c(O)ccc3ccccc13)CC2. The third kappa shape index (κ3) is 3.57. The molecular formula is C28H27NO3. The van der Waals surface area contributed by atoms with E-state index >= 15 is 0 Å². The molecule has 0 fully saturated rings. The van der Waals surface area contributed by atoms with Crippen LogP contribution in [0, 0.1) is 0 Å². The molecule has 1 aliphatic rings. The Balaban J connectivity index is 1.63. The second kappa shape index (κ2) is 8.56. The maximum atomic E-state index is 10.8. The number of hydrogen-bond acceptors (Lipinski definition) is 4. The fourth-order valence-electron chi connectivity index (χ4n) is 4.89. The molecule has 162 valence electrons. The molecule has 1 atom stereocenters. The lowest BCUT2D eigenvalue weighted by molar-refractivity contribution is 0.202. The van der Waals surface area contributed by atoms with Crippen LogP contribution in [-0.4, -0.2) is 30.8 Å². The van der Waals surface area contributed by atoms with Crippen molar-refractivity contribution in [2.24, 2.45) is 0 Å². The van der Waals surface area contributed by atoms with Crippen LogP contribution in [0.15, 0.2) is 78.9 Å². The number of phenols is 1. The molecular weight excluding hydrogens is 398 g/mol. The summed E-state index contributed by atoms with van der Waals surface area (Å²) in [7, 11) is 3.36. The number of nitrogens with zero attached hydrogens (tertiary/aromatic N) is 1. The summed E-state index contributed by atoms with van der Waals surface area (Å²) in [4.78, 5) is 2.45. The molecule has 1 unspecified atom stereocenters. The molecule has 32 heavy (non-hydrogen) atoms. The molecule has 1 aliphatic heterocycles. The number of phenolic OH excluding ortho intramolecular Hbond substituents is 1. The van der Waals surface area contributed by atoms with Gasteiger partial charge < -0.3 is 14.6 Å². The van der Waals surface area contributed by atoms with Crippen LogP contribution in [0.1, 0.15) is 28.3 Å². The van der Waals surface area contributed by atoms with Gasteiger partial charge in [-0.1, -0.05) is 60.7 Å². The first-order valence-corrected chi connectivity index (χ1v) is 10.9. The molecule has 0 amide bonds. The first kappa shape index (κ1) is 20.4. The van der Waals surface area contributed by atoms with Crippen LogP contribution in [0.4, 0.5) is 0 Å². The molecule has 5 rings (SSSR count). The molecule has 0 saturated carbocycles. The summed E-state index contributed by atoms with van der Waals surface area (Å²) in [6, 6.07) is 26.9. The third-order valence-electron chi connectivity index (χ3n) is 6.47. The highest BCUT2D eigenvalue weighted by atomic mass is 16.5. The van der Waals surface area contributed by atoms with E-state index in [-0.39, 0.29) is 6.04 Å². The second-order valence-corrected chi connectivity index (χ2v) is 8.22. The van der Waals surface area contributed by atoms with Crippen molar-refractivity contribution in [1.82, 2.24) is 4.90 Å². The lowest BCUT2D eigenvalue weighted by atomic mass is 9.87. The summed E-state index contributed by atoms with van der Waals surface area (Å²) < 4.78 is 11.2. The van der Waals surface area contributed by atoms with E-state index in [1.165, 1.54) is 16.7 Å². The molecule has 0 radical (unpaired) electrons. The fourth-order valence-corrected chi connectivity index (χ4v) is 4.89. The zero-order valence-corrected chi connectivity index (χ0v) is 18.4. The van der Waals surface area contributed by atoms with E-state index in [9.17, 15) is 5.11 Å². The summed E-state index contributed by atoms with van der Waals surface area (Å²) in [5.41, 5.74) is 4.68. The van der Waals surface area contributed by atoms with E-state index in [1.807, 2.05) is 24.3 Å². The van der Waals surface area contributed by atoms with Crippen molar-refractivity contribution >= 4 is 10.8 Å². The van der Waals surface area contributed by atoms with E-state index in [2.05, 4.69) is 53.4 Å². The summed E-state index contributed by atoms with van der Waals surface area (Å²) in [5, 5.41) is 13.0. The zero-order valence-electron chi connectivity index (χ0n) is 18.4. The van der Waals surface area contributed by atoms with Gasteiger partial charge in [-0.2, -0.15) is 0 Å². The standard InChI is InChI=1S/C28H27NO3/c1-31-26-16-21-14-15-29(18-24-22-11-7-6-8-19(22)12-13-25(24)30)28(20-9-4-3-5-10-20)23(21)17-27(26)32-2/h3-13,16-17,28,30H,14-15,18H2,1-2H3. The summed E-state index contributed by atoms with van der Waals surface area (Å²) >= 11 is 0. The first-order chi connectivity index (χ1) is 15.7. The topological polar surface area (TPSA) is 41.9 Å². The van der Waals surface area contributed by atoms with Gasteiger partial charge in [0.1, 0.15) is 5.75 Å². The van der Waals surface area contributed by atoms with Gasteiger partial charge in [-0.05, 0) is 52.1 Å². The smallest absolute Gasteiger partial charge is 0.161 e. The largest absolute Gasteiger partial charge is 0.508 e. The normalized spacial score (nSPS) is 16.0. The second-order valence-electron chi connectivity index (χ2n) is 8.22. The minimum atomic E-state index is 0.0538. The Labute approximate surface area is 188 Å². The molecule has 4 heteroatoms. The minimum Gasteiger partial charge on any atom is -0.508 e. The molecule has 0 saturated heterocycles. The van der Waals surface area contributed by atoms with Gasteiger partial charge in [0.15, 0.2) is 11.5 Å². The summed E-state index contributed by atoms with van der Waals surface area (Å²) in [6.07, 6.45) is 0.907. The Kier molecular flexibility index (Phi) is 5.46. The Hall–Kier alpha value is -3.50. The summed E-state index contributed by atoms with van der Waals surface area (Å²) in [6.45, 7) is 1.53. The van der Waals surface area contributed by atoms with Crippen molar-refractivity contribution in [2.75, 3.05) is 20.8 Å². The number of ether oxygens (including phenoxy) is 2. The predicted molar refractivity (Wildman–Crippen MR) is 128 cm³/mol. The van der Waals surface area contributed by atoms with Gasteiger partial charge in [0.25, 0.3) is 0 Å². The maximum Gasteiger partial charge on any atom is 0.161 e. The third-order valence-corrected chi connectivity index (χ3v) is 6.47. The number of rotatable bonds is 5. The maximum absolute atomic E-state index is 10.8. The molecule has 0 aliphatic carbocycles. The van der Waals surface area contributed by atoms with Crippen LogP contribution >= 0.6 is 0 Å². The molecule has 0 bridgehead atoms. The number of hydrogen-bond donors (Lipinski definition) is 1. The van der Waals surface area contributed by atoms with Crippen LogP contribution in [-0.2, 0) is 13.0 Å². The number of aromatic hydroxyl groups is 1. The van der Waals surface area contributed by atoms with Gasteiger partial charge >= 0.3 is 0 Å². The van der Waals surface area contributed by atoms with Gasteiger partial charge in [0.2, 0.25) is 0 Å². The van der Waals surface area contributed by atoms with Crippen LogP contribution < -0.4 is 9.47 Å². The molecule has 4 nitrogen and oxygen atoms in total. The lowest BCUT2D eigenvalue weighted by Gasteiger charge is -2.38. The minimum absolute atomic E-state index is 0.0538. The van der Waals surface area contributed by atoms with Gasteiger partial charge in [-0.3, -0.25) is 4.90 Å². The Morgan fingerprint density at radius 3 is 2.38 bits per heavy atom. The summed E-state index contributed by atoms with van der Waals surface area (Å²) in [5.74, 6) is 1.84. The van der Waals surface area contributed by atoms with E-state index in [4.69, 9.17) is 9.47 Å². The zero-order chi connectivity index (χ0) is 22.1. The van der Waals surface area contributed by atoms with Crippen molar-refractivity contribution < 1.29 is 14.6 Å². The average molecular weight is 426 g/mol. The van der Waals surface area contributed by atoms with E-state index in [0.29, 0.717) is 12.3 Å². The van der Waals surface area contributed by atoms with Gasteiger partial charge in [0, 0.05) is 18.7 Å². The predicted octanol–water partition coefficient (Wildman–Crippen LogP) is 5.71. The van der Waals surface area contributed by atoms with Crippen LogP contribution in [0.2, 0.25) is 0 Å². The van der Waals surface area contributed by atoms with Gasteiger partial charge in [-0.15, -0.1) is 0 Å². The molecule has 1 heterocycles. The van der Waals surface area contributed by atoms with Crippen molar-refractivity contribution in [1.29, 1.82) is 0 Å². The average Bonchev–Trinajstić information content (AvgIpc) is 2.85. The Morgan fingerprint density at radius 2 is 1.59 bits per heavy atom. The molecule has 4 aromatic carbocycles. The number of methoxy groups -OCH3 is 2. The van der Waals surface area contributed by atoms with Crippen molar-refractivity contribution in [2.45, 2.75) is 19.0 Å². The lowest BCUT2D eigenvalue weighted by Crippen LogP contribution is -2.35. The van der Waals surface area contributed by atoms with Crippen LogP contribution in [0.25, 0.3) is 10.8 Å². The fraction of sp³-hybridized carbons (Fsp3) is 0.214. The highest BCUT2D eigenvalue weighted by Crippen LogP contribution is 2.42. The Bertz CT molecular complexity index is 1250. The molecule has 0 aromatic heterocycles. The Morgan fingerprint density at radius 1 is 0.875 bits per heavy atom. The highest BCUT2D eigenvalue weighted by molar-refractivity contribution is 5.87.